The Kier molecular flexibility index (Phi) is 3.28. The Balaban J connectivity index is 2.44. The second-order valence-electron chi connectivity index (χ2n) is 5.98. The zero-order valence-corrected chi connectivity index (χ0v) is 12.8. The smallest absolute Gasteiger partial charge is 0.246 e. The zero-order chi connectivity index (χ0) is 13.6. The van der Waals surface area contributed by atoms with E-state index in [1.807, 2.05) is 43.0 Å². The van der Waals surface area contributed by atoms with Gasteiger partial charge in [0, 0.05) is 16.6 Å². The lowest BCUT2D eigenvalue weighted by Crippen LogP contribution is -2.70. The van der Waals surface area contributed by atoms with Crippen molar-refractivity contribution in [2.24, 2.45) is 0 Å². The van der Waals surface area contributed by atoms with Crippen molar-refractivity contribution < 1.29 is 4.79 Å². The van der Waals surface area contributed by atoms with Gasteiger partial charge in [-0.25, -0.2) is 0 Å². The van der Waals surface area contributed by atoms with Gasteiger partial charge in [0.25, 0.3) is 0 Å². The van der Waals surface area contributed by atoms with E-state index in [1.54, 1.807) is 0 Å². The lowest BCUT2D eigenvalue weighted by Gasteiger charge is -2.47. The van der Waals surface area contributed by atoms with Gasteiger partial charge in [-0.1, -0.05) is 12.1 Å². The molecule has 18 heavy (non-hydrogen) atoms. The molecule has 0 aromatic heterocycles. The quantitative estimate of drug-likeness (QED) is 0.865. The first-order valence-electron chi connectivity index (χ1n) is 6.09. The number of piperazine rings is 1. The number of halogens is 1. The summed E-state index contributed by atoms with van der Waals surface area (Å²) in [6.07, 6.45) is 0. The number of hydrogen-bond acceptors (Lipinski definition) is 2. The number of rotatable bonds is 1. The molecule has 1 aliphatic heterocycles. The Morgan fingerprint density at radius 1 is 1.22 bits per heavy atom. The normalized spacial score (nSPS) is 22.1. The first-order chi connectivity index (χ1) is 8.23. The van der Waals surface area contributed by atoms with Crippen LogP contribution in [-0.2, 0) is 4.79 Å². The number of hydrogen-bond donors (Lipinski definition) is 1. The van der Waals surface area contributed by atoms with Crippen LogP contribution < -0.4 is 10.2 Å². The average molecular weight is 311 g/mol. The van der Waals surface area contributed by atoms with E-state index in [0.29, 0.717) is 6.54 Å². The Bertz CT molecular complexity index is 482. The highest BCUT2D eigenvalue weighted by Gasteiger charge is 2.44. The minimum absolute atomic E-state index is 0.104. The lowest BCUT2D eigenvalue weighted by molar-refractivity contribution is -0.126. The van der Waals surface area contributed by atoms with Crippen LogP contribution in [0.3, 0.4) is 0 Å². The van der Waals surface area contributed by atoms with Gasteiger partial charge in [0.1, 0.15) is 0 Å². The van der Waals surface area contributed by atoms with Crippen LogP contribution in [0, 0.1) is 0 Å². The molecule has 0 bridgehead atoms. The number of benzene rings is 1. The molecule has 1 aromatic rings. The van der Waals surface area contributed by atoms with Gasteiger partial charge < -0.3 is 4.90 Å². The second-order valence-corrected chi connectivity index (χ2v) is 6.83. The molecular weight excluding hydrogens is 292 g/mol. The third-order valence-electron chi connectivity index (χ3n) is 3.13. The van der Waals surface area contributed by atoms with Crippen molar-refractivity contribution in [3.05, 3.63) is 28.7 Å². The predicted molar refractivity (Wildman–Crippen MR) is 77.8 cm³/mol. The van der Waals surface area contributed by atoms with Gasteiger partial charge in [-0.2, -0.15) is 0 Å². The molecule has 0 unspecified atom stereocenters. The Labute approximate surface area is 117 Å². The molecule has 1 heterocycles. The standard InChI is InChI=1S/C14H19BrN2O/c1-13(2)9-17(12(18)14(3,4)16-13)11-8-6-5-7-10(11)15/h5-8,16H,9H2,1-4H3. The molecule has 1 aliphatic rings. The summed E-state index contributed by atoms with van der Waals surface area (Å²) < 4.78 is 0.951. The largest absolute Gasteiger partial charge is 0.308 e. The van der Waals surface area contributed by atoms with E-state index in [4.69, 9.17) is 0 Å². The van der Waals surface area contributed by atoms with Crippen LogP contribution >= 0.6 is 15.9 Å². The molecule has 98 valence electrons. The molecule has 0 saturated carbocycles. The van der Waals surface area contributed by atoms with Crippen LogP contribution in [0.4, 0.5) is 5.69 Å². The summed E-state index contributed by atoms with van der Waals surface area (Å²) in [4.78, 5) is 14.4. The fourth-order valence-electron chi connectivity index (χ4n) is 2.61. The van der Waals surface area contributed by atoms with Crippen LogP contribution in [0.5, 0.6) is 0 Å². The Hall–Kier alpha value is -0.870. The van der Waals surface area contributed by atoms with E-state index >= 15 is 0 Å². The first kappa shape index (κ1) is 13.6. The molecule has 1 aromatic carbocycles. The van der Waals surface area contributed by atoms with Gasteiger partial charge in [0.05, 0.1) is 11.2 Å². The third kappa shape index (κ3) is 2.45. The SMILES string of the molecule is CC1(C)CN(c2ccccc2Br)C(=O)C(C)(C)N1. The van der Waals surface area contributed by atoms with Crippen LogP contribution in [0.1, 0.15) is 27.7 Å². The molecule has 0 radical (unpaired) electrons. The van der Waals surface area contributed by atoms with Gasteiger partial charge >= 0.3 is 0 Å². The summed E-state index contributed by atoms with van der Waals surface area (Å²) in [5, 5.41) is 3.39. The van der Waals surface area contributed by atoms with Crippen LogP contribution in [-0.4, -0.2) is 23.5 Å². The first-order valence-corrected chi connectivity index (χ1v) is 6.88. The fraction of sp³-hybridized carbons (Fsp3) is 0.500. The molecule has 0 spiro atoms. The highest BCUT2D eigenvalue weighted by Crippen LogP contribution is 2.32. The van der Waals surface area contributed by atoms with Crippen LogP contribution in [0.2, 0.25) is 0 Å². The summed E-state index contributed by atoms with van der Waals surface area (Å²) in [6.45, 7) is 8.76. The van der Waals surface area contributed by atoms with Gasteiger partial charge in [-0.15, -0.1) is 0 Å². The maximum Gasteiger partial charge on any atom is 0.246 e. The molecule has 1 fully saturated rings. The van der Waals surface area contributed by atoms with Crippen molar-refractivity contribution in [1.82, 2.24) is 5.32 Å². The molecule has 4 heteroatoms. The third-order valence-corrected chi connectivity index (χ3v) is 3.80. The molecular formula is C14H19BrN2O. The van der Waals surface area contributed by atoms with Gasteiger partial charge in [0.2, 0.25) is 5.91 Å². The molecule has 1 amide bonds. The van der Waals surface area contributed by atoms with Gasteiger partial charge in [-0.3, -0.25) is 10.1 Å². The van der Waals surface area contributed by atoms with Crippen LogP contribution in [0.15, 0.2) is 28.7 Å². The van der Waals surface area contributed by atoms with E-state index in [-0.39, 0.29) is 11.4 Å². The van der Waals surface area contributed by atoms with Gasteiger partial charge in [0.15, 0.2) is 0 Å². The zero-order valence-electron chi connectivity index (χ0n) is 11.2. The minimum Gasteiger partial charge on any atom is -0.308 e. The number of carbonyl (C=O) groups is 1. The monoisotopic (exact) mass is 310 g/mol. The summed E-state index contributed by atoms with van der Waals surface area (Å²) in [6, 6.07) is 7.84. The van der Waals surface area contributed by atoms with Gasteiger partial charge in [-0.05, 0) is 55.8 Å². The van der Waals surface area contributed by atoms with Crippen molar-refractivity contribution in [2.45, 2.75) is 38.8 Å². The van der Waals surface area contributed by atoms with Crippen molar-refractivity contribution in [1.29, 1.82) is 0 Å². The van der Waals surface area contributed by atoms with E-state index in [2.05, 4.69) is 35.1 Å². The van der Waals surface area contributed by atoms with E-state index in [9.17, 15) is 4.79 Å². The lowest BCUT2D eigenvalue weighted by atomic mass is 9.90. The summed E-state index contributed by atoms with van der Waals surface area (Å²) in [5.74, 6) is 0.105. The minimum atomic E-state index is -0.545. The molecule has 3 nitrogen and oxygen atoms in total. The molecule has 1 saturated heterocycles. The fourth-order valence-corrected chi connectivity index (χ4v) is 3.11. The molecule has 1 N–H and O–H groups in total. The predicted octanol–water partition coefficient (Wildman–Crippen LogP) is 2.94. The van der Waals surface area contributed by atoms with E-state index in [0.717, 1.165) is 10.2 Å². The van der Waals surface area contributed by atoms with Crippen molar-refractivity contribution >= 4 is 27.5 Å². The number of amides is 1. The Morgan fingerprint density at radius 3 is 2.44 bits per heavy atom. The number of carbonyl (C=O) groups excluding carboxylic acids is 1. The topological polar surface area (TPSA) is 32.3 Å². The highest BCUT2D eigenvalue weighted by atomic mass is 79.9. The number of anilines is 1. The number of nitrogens with zero attached hydrogens (tertiary/aromatic N) is 1. The van der Waals surface area contributed by atoms with Crippen molar-refractivity contribution in [3.63, 3.8) is 0 Å². The second kappa shape index (κ2) is 4.35. The number of para-hydroxylation sites is 1. The molecule has 0 atom stereocenters. The highest BCUT2D eigenvalue weighted by molar-refractivity contribution is 9.10. The summed E-state index contributed by atoms with van der Waals surface area (Å²) >= 11 is 3.52. The average Bonchev–Trinajstić information content (AvgIpc) is 2.23. The molecule has 2 rings (SSSR count). The number of nitrogens with one attached hydrogen (secondary N) is 1. The van der Waals surface area contributed by atoms with E-state index in [1.165, 1.54) is 0 Å². The van der Waals surface area contributed by atoms with Crippen molar-refractivity contribution in [3.8, 4) is 0 Å². The maximum absolute atomic E-state index is 12.5. The molecule has 0 aliphatic carbocycles. The Morgan fingerprint density at radius 2 is 1.83 bits per heavy atom. The summed E-state index contributed by atoms with van der Waals surface area (Å²) in [7, 11) is 0. The van der Waals surface area contributed by atoms with Crippen LogP contribution in [0.25, 0.3) is 0 Å². The van der Waals surface area contributed by atoms with Crippen molar-refractivity contribution in [2.75, 3.05) is 11.4 Å². The van der Waals surface area contributed by atoms with E-state index < -0.39 is 5.54 Å². The summed E-state index contributed by atoms with van der Waals surface area (Å²) in [5.41, 5.74) is 0.286. The maximum atomic E-state index is 12.5.